The van der Waals surface area contributed by atoms with Crippen molar-refractivity contribution in [1.29, 1.82) is 0 Å². The van der Waals surface area contributed by atoms with Gasteiger partial charge in [-0.3, -0.25) is 9.78 Å². The molecule has 0 saturated carbocycles. The van der Waals surface area contributed by atoms with E-state index in [1.165, 1.54) is 24.9 Å². The summed E-state index contributed by atoms with van der Waals surface area (Å²) >= 11 is 0. The highest BCUT2D eigenvalue weighted by atomic mass is 16.5. The van der Waals surface area contributed by atoms with Crippen LogP contribution in [0.15, 0.2) is 48.8 Å². The molecule has 2 aromatic carbocycles. The van der Waals surface area contributed by atoms with Crippen LogP contribution in [0.25, 0.3) is 10.8 Å². The third-order valence-electron chi connectivity index (χ3n) is 5.58. The minimum atomic E-state index is -0.0851. The van der Waals surface area contributed by atoms with Crippen molar-refractivity contribution in [3.05, 3.63) is 54.4 Å². The molecule has 3 aromatic rings. The van der Waals surface area contributed by atoms with E-state index in [4.69, 9.17) is 9.47 Å². The van der Waals surface area contributed by atoms with Crippen molar-refractivity contribution >= 4 is 28.1 Å². The van der Waals surface area contributed by atoms with Crippen LogP contribution in [0.3, 0.4) is 0 Å². The summed E-state index contributed by atoms with van der Waals surface area (Å²) in [6.45, 7) is 2.14. The molecule has 0 atom stereocenters. The van der Waals surface area contributed by atoms with Gasteiger partial charge in [-0.15, -0.1) is 0 Å². The molecule has 2 heterocycles. The van der Waals surface area contributed by atoms with Gasteiger partial charge in [0, 0.05) is 41.9 Å². The Kier molecular flexibility index (Phi) is 6.02. The number of hydrogen-bond acceptors (Lipinski definition) is 5. The third-order valence-corrected chi connectivity index (χ3v) is 5.58. The third kappa shape index (κ3) is 4.17. The number of hydrogen-bond donors (Lipinski definition) is 1. The molecular formula is C24H27N3O3. The van der Waals surface area contributed by atoms with Crippen LogP contribution in [0.1, 0.15) is 24.8 Å². The second-order valence-corrected chi connectivity index (χ2v) is 7.52. The first-order chi connectivity index (χ1) is 14.7. The molecule has 0 bridgehead atoms. The van der Waals surface area contributed by atoms with Crippen LogP contribution in [0, 0.1) is 0 Å². The van der Waals surface area contributed by atoms with Gasteiger partial charge in [-0.05, 0) is 55.2 Å². The zero-order chi connectivity index (χ0) is 20.9. The molecular weight excluding hydrogens is 378 g/mol. The molecule has 1 aliphatic rings. The highest BCUT2D eigenvalue weighted by molar-refractivity contribution is 6.06. The van der Waals surface area contributed by atoms with E-state index >= 15 is 0 Å². The van der Waals surface area contributed by atoms with Crippen molar-refractivity contribution in [2.75, 3.05) is 37.5 Å². The zero-order valence-corrected chi connectivity index (χ0v) is 17.5. The second kappa shape index (κ2) is 9.03. The smallest absolute Gasteiger partial charge is 0.228 e. The summed E-state index contributed by atoms with van der Waals surface area (Å²) in [4.78, 5) is 19.5. The molecule has 0 radical (unpaired) electrons. The number of aromatic nitrogens is 1. The molecule has 0 spiro atoms. The Morgan fingerprint density at radius 3 is 2.57 bits per heavy atom. The van der Waals surface area contributed by atoms with E-state index in [2.05, 4.69) is 21.3 Å². The lowest BCUT2D eigenvalue weighted by atomic mass is 10.0. The van der Waals surface area contributed by atoms with Crippen molar-refractivity contribution in [3.8, 4) is 11.5 Å². The van der Waals surface area contributed by atoms with Crippen LogP contribution in [-0.4, -0.2) is 38.2 Å². The molecule has 1 N–H and O–H groups in total. The maximum absolute atomic E-state index is 12.8. The maximum atomic E-state index is 12.8. The molecule has 0 unspecified atom stereocenters. The molecule has 156 valence electrons. The highest BCUT2D eigenvalue weighted by Crippen LogP contribution is 2.33. The monoisotopic (exact) mass is 405 g/mol. The van der Waals surface area contributed by atoms with Gasteiger partial charge in [0.2, 0.25) is 5.91 Å². The van der Waals surface area contributed by atoms with E-state index in [0.717, 1.165) is 35.1 Å². The van der Waals surface area contributed by atoms with Crippen LogP contribution in [0.5, 0.6) is 11.5 Å². The lowest BCUT2D eigenvalue weighted by molar-refractivity contribution is -0.115. The van der Waals surface area contributed by atoms with Crippen molar-refractivity contribution in [2.45, 2.75) is 25.7 Å². The number of carbonyl (C=O) groups is 1. The molecule has 6 heteroatoms. The van der Waals surface area contributed by atoms with E-state index in [1.54, 1.807) is 14.2 Å². The van der Waals surface area contributed by atoms with Gasteiger partial charge in [0.1, 0.15) is 0 Å². The van der Waals surface area contributed by atoms with E-state index in [0.29, 0.717) is 11.5 Å². The maximum Gasteiger partial charge on any atom is 0.228 e. The van der Waals surface area contributed by atoms with Gasteiger partial charge < -0.3 is 19.7 Å². The fourth-order valence-corrected chi connectivity index (χ4v) is 4.06. The Morgan fingerprint density at radius 1 is 1.00 bits per heavy atom. The standard InChI is InChI=1S/C24H27N3O3/c1-29-22-9-6-17(14-23(22)30-2)15-24(28)26-20-7-8-21(27-12-4-3-5-13-27)18-10-11-25-16-19(18)20/h6-11,14,16H,3-5,12-13,15H2,1-2H3,(H,26,28). The summed E-state index contributed by atoms with van der Waals surface area (Å²) < 4.78 is 10.6. The Hall–Kier alpha value is -3.28. The number of ether oxygens (including phenoxy) is 2. The second-order valence-electron chi connectivity index (χ2n) is 7.52. The quantitative estimate of drug-likeness (QED) is 0.658. The van der Waals surface area contributed by atoms with Crippen molar-refractivity contribution in [2.24, 2.45) is 0 Å². The molecule has 1 aliphatic heterocycles. The number of fused-ring (bicyclic) bond motifs is 1. The Morgan fingerprint density at radius 2 is 1.80 bits per heavy atom. The van der Waals surface area contributed by atoms with Crippen LogP contribution >= 0.6 is 0 Å². The summed E-state index contributed by atoms with van der Waals surface area (Å²) in [5.74, 6) is 1.17. The number of amides is 1. The van der Waals surface area contributed by atoms with Gasteiger partial charge in [-0.25, -0.2) is 0 Å². The van der Waals surface area contributed by atoms with E-state index in [9.17, 15) is 4.79 Å². The van der Waals surface area contributed by atoms with Gasteiger partial charge in [0.25, 0.3) is 0 Å². The molecule has 6 nitrogen and oxygen atoms in total. The number of nitrogens with one attached hydrogen (secondary N) is 1. The first kappa shape index (κ1) is 20.0. The average Bonchev–Trinajstić information content (AvgIpc) is 2.79. The number of benzene rings is 2. The molecule has 1 aromatic heterocycles. The number of anilines is 2. The summed E-state index contributed by atoms with van der Waals surface area (Å²) in [7, 11) is 3.18. The number of rotatable bonds is 6. The van der Waals surface area contributed by atoms with E-state index in [1.807, 2.05) is 42.7 Å². The number of methoxy groups -OCH3 is 2. The van der Waals surface area contributed by atoms with Crippen LogP contribution in [0.4, 0.5) is 11.4 Å². The first-order valence-electron chi connectivity index (χ1n) is 10.3. The largest absolute Gasteiger partial charge is 0.493 e. The normalized spacial score (nSPS) is 13.9. The molecule has 4 rings (SSSR count). The summed E-state index contributed by atoms with van der Waals surface area (Å²) in [5.41, 5.74) is 2.85. The lowest BCUT2D eigenvalue weighted by Crippen LogP contribution is -2.29. The topological polar surface area (TPSA) is 63.7 Å². The minimum Gasteiger partial charge on any atom is -0.493 e. The number of pyridine rings is 1. The van der Waals surface area contributed by atoms with Crippen LogP contribution in [0.2, 0.25) is 0 Å². The van der Waals surface area contributed by atoms with Crippen molar-refractivity contribution in [1.82, 2.24) is 4.98 Å². The molecule has 1 saturated heterocycles. The molecule has 30 heavy (non-hydrogen) atoms. The molecule has 0 aliphatic carbocycles. The Bertz CT molecular complexity index is 1050. The minimum absolute atomic E-state index is 0.0851. The SMILES string of the molecule is COc1ccc(CC(=O)Nc2ccc(N3CCCCC3)c3ccncc23)cc1OC. The molecule has 1 fully saturated rings. The van der Waals surface area contributed by atoms with E-state index in [-0.39, 0.29) is 12.3 Å². The number of carbonyl (C=O) groups excluding carboxylic acids is 1. The lowest BCUT2D eigenvalue weighted by Gasteiger charge is -2.30. The van der Waals surface area contributed by atoms with Gasteiger partial charge in [0.15, 0.2) is 11.5 Å². The first-order valence-corrected chi connectivity index (χ1v) is 10.3. The zero-order valence-electron chi connectivity index (χ0n) is 17.5. The predicted octanol–water partition coefficient (Wildman–Crippen LogP) is 4.42. The van der Waals surface area contributed by atoms with Gasteiger partial charge in [0.05, 0.1) is 26.3 Å². The number of piperidine rings is 1. The fourth-order valence-electron chi connectivity index (χ4n) is 4.06. The van der Waals surface area contributed by atoms with Crippen molar-refractivity contribution in [3.63, 3.8) is 0 Å². The molecule has 1 amide bonds. The van der Waals surface area contributed by atoms with Crippen LogP contribution in [-0.2, 0) is 11.2 Å². The predicted molar refractivity (Wildman–Crippen MR) is 120 cm³/mol. The summed E-state index contributed by atoms with van der Waals surface area (Å²) in [6.07, 6.45) is 7.61. The number of nitrogens with zero attached hydrogens (tertiary/aromatic N) is 2. The highest BCUT2D eigenvalue weighted by Gasteiger charge is 2.16. The van der Waals surface area contributed by atoms with Gasteiger partial charge >= 0.3 is 0 Å². The average molecular weight is 405 g/mol. The van der Waals surface area contributed by atoms with Gasteiger partial charge in [-0.2, -0.15) is 0 Å². The van der Waals surface area contributed by atoms with E-state index < -0.39 is 0 Å². The van der Waals surface area contributed by atoms with Crippen molar-refractivity contribution < 1.29 is 14.3 Å². The Labute approximate surface area is 176 Å². The summed E-state index contributed by atoms with van der Waals surface area (Å²) in [6, 6.07) is 11.6. The summed E-state index contributed by atoms with van der Waals surface area (Å²) in [5, 5.41) is 5.14. The fraction of sp³-hybridized carbons (Fsp3) is 0.333. The Balaban J connectivity index is 1.56. The van der Waals surface area contributed by atoms with Gasteiger partial charge in [-0.1, -0.05) is 6.07 Å². The van der Waals surface area contributed by atoms with Crippen LogP contribution < -0.4 is 19.7 Å².